The lowest BCUT2D eigenvalue weighted by molar-refractivity contribution is 0.475. The van der Waals surface area contributed by atoms with Gasteiger partial charge in [0.25, 0.3) is 0 Å². The zero-order valence-electron chi connectivity index (χ0n) is 10.0. The molecule has 0 aliphatic rings. The van der Waals surface area contributed by atoms with Crippen LogP contribution in [0.2, 0.25) is 0 Å². The maximum absolute atomic E-state index is 9.15. The second-order valence-electron chi connectivity index (χ2n) is 4.26. The summed E-state index contributed by atoms with van der Waals surface area (Å²) in [6, 6.07) is 9.32. The SMILES string of the molecule is CC(C)n1ccc(C=Nc2ccc(O)cc2)c1. The molecule has 3 nitrogen and oxygen atoms in total. The van der Waals surface area contributed by atoms with Crippen molar-refractivity contribution in [2.75, 3.05) is 0 Å². The lowest BCUT2D eigenvalue weighted by Crippen LogP contribution is -1.95. The molecule has 0 fully saturated rings. The molecule has 0 saturated carbocycles. The van der Waals surface area contributed by atoms with Gasteiger partial charge in [0.1, 0.15) is 5.75 Å². The van der Waals surface area contributed by atoms with Crippen molar-refractivity contribution < 1.29 is 5.11 Å². The summed E-state index contributed by atoms with van der Waals surface area (Å²) >= 11 is 0. The second kappa shape index (κ2) is 4.87. The molecule has 0 spiro atoms. The van der Waals surface area contributed by atoms with Crippen LogP contribution in [0.1, 0.15) is 25.5 Å². The monoisotopic (exact) mass is 228 g/mol. The number of phenols is 1. The Balaban J connectivity index is 2.11. The van der Waals surface area contributed by atoms with Crippen LogP contribution in [0.15, 0.2) is 47.7 Å². The topological polar surface area (TPSA) is 37.5 Å². The van der Waals surface area contributed by atoms with Crippen molar-refractivity contribution in [2.45, 2.75) is 19.9 Å². The molecular weight excluding hydrogens is 212 g/mol. The third-order valence-electron chi connectivity index (χ3n) is 2.55. The Kier molecular flexibility index (Phi) is 3.28. The van der Waals surface area contributed by atoms with E-state index in [2.05, 4.69) is 29.6 Å². The highest BCUT2D eigenvalue weighted by Gasteiger charge is 1.97. The number of benzene rings is 1. The summed E-state index contributed by atoms with van der Waals surface area (Å²) in [4.78, 5) is 4.34. The Morgan fingerprint density at radius 1 is 1.18 bits per heavy atom. The van der Waals surface area contributed by atoms with Gasteiger partial charge in [-0.2, -0.15) is 0 Å². The highest BCUT2D eigenvalue weighted by atomic mass is 16.3. The number of aromatic nitrogens is 1. The van der Waals surface area contributed by atoms with Crippen LogP contribution in [0.4, 0.5) is 5.69 Å². The van der Waals surface area contributed by atoms with E-state index in [1.165, 1.54) is 0 Å². The number of phenolic OH excluding ortho intramolecular Hbond substituents is 1. The molecule has 0 saturated heterocycles. The lowest BCUT2D eigenvalue weighted by atomic mass is 10.3. The number of hydrogen-bond acceptors (Lipinski definition) is 2. The van der Waals surface area contributed by atoms with E-state index in [-0.39, 0.29) is 5.75 Å². The summed E-state index contributed by atoms with van der Waals surface area (Å²) in [7, 11) is 0. The van der Waals surface area contributed by atoms with Crippen LogP contribution >= 0.6 is 0 Å². The van der Waals surface area contributed by atoms with Gasteiger partial charge in [-0.05, 0) is 44.2 Å². The number of aliphatic imine (C=N–C) groups is 1. The smallest absolute Gasteiger partial charge is 0.115 e. The van der Waals surface area contributed by atoms with Gasteiger partial charge in [-0.15, -0.1) is 0 Å². The molecule has 0 aliphatic carbocycles. The van der Waals surface area contributed by atoms with Crippen LogP contribution in [0.5, 0.6) is 5.75 Å². The normalized spacial score (nSPS) is 11.5. The molecule has 0 amide bonds. The summed E-state index contributed by atoms with van der Waals surface area (Å²) in [5.74, 6) is 0.259. The maximum Gasteiger partial charge on any atom is 0.115 e. The van der Waals surface area contributed by atoms with Crippen LogP contribution in [0.3, 0.4) is 0 Å². The molecule has 1 heterocycles. The van der Waals surface area contributed by atoms with Gasteiger partial charge >= 0.3 is 0 Å². The third-order valence-corrected chi connectivity index (χ3v) is 2.55. The van der Waals surface area contributed by atoms with E-state index in [4.69, 9.17) is 5.11 Å². The van der Waals surface area contributed by atoms with Crippen molar-refractivity contribution in [3.63, 3.8) is 0 Å². The molecule has 0 unspecified atom stereocenters. The molecule has 0 aliphatic heterocycles. The van der Waals surface area contributed by atoms with Crippen LogP contribution in [0, 0.1) is 0 Å². The second-order valence-corrected chi connectivity index (χ2v) is 4.26. The predicted octanol–water partition coefficient (Wildman–Crippen LogP) is 3.53. The summed E-state index contributed by atoms with van der Waals surface area (Å²) in [6.07, 6.45) is 5.93. The van der Waals surface area contributed by atoms with Crippen LogP contribution in [-0.2, 0) is 0 Å². The fourth-order valence-corrected chi connectivity index (χ4v) is 1.52. The van der Waals surface area contributed by atoms with Gasteiger partial charge < -0.3 is 9.67 Å². The molecule has 17 heavy (non-hydrogen) atoms. The molecule has 3 heteroatoms. The molecule has 1 aromatic heterocycles. The van der Waals surface area contributed by atoms with E-state index < -0.39 is 0 Å². The van der Waals surface area contributed by atoms with Crippen molar-refractivity contribution in [1.29, 1.82) is 0 Å². The van der Waals surface area contributed by atoms with Gasteiger partial charge in [0.15, 0.2) is 0 Å². The fraction of sp³-hybridized carbons (Fsp3) is 0.214. The minimum absolute atomic E-state index is 0.259. The van der Waals surface area contributed by atoms with E-state index in [1.54, 1.807) is 24.3 Å². The average Bonchev–Trinajstić information content (AvgIpc) is 2.77. The Labute approximate surface area is 101 Å². The summed E-state index contributed by atoms with van der Waals surface area (Å²) in [6.45, 7) is 4.28. The lowest BCUT2D eigenvalue weighted by Gasteiger charge is -2.04. The number of hydrogen-bond donors (Lipinski definition) is 1. The molecule has 2 rings (SSSR count). The molecule has 0 radical (unpaired) electrons. The Morgan fingerprint density at radius 3 is 2.47 bits per heavy atom. The highest BCUT2D eigenvalue weighted by Crippen LogP contribution is 2.16. The summed E-state index contributed by atoms with van der Waals surface area (Å²) < 4.78 is 2.14. The Hall–Kier alpha value is -2.03. The quantitative estimate of drug-likeness (QED) is 0.802. The number of rotatable bonds is 3. The van der Waals surface area contributed by atoms with Crippen molar-refractivity contribution >= 4 is 11.9 Å². The molecule has 0 atom stereocenters. The molecular formula is C14H16N2O. The van der Waals surface area contributed by atoms with Gasteiger partial charge in [-0.3, -0.25) is 4.99 Å². The van der Waals surface area contributed by atoms with Gasteiger partial charge in [0, 0.05) is 30.2 Å². The van der Waals surface area contributed by atoms with Crippen LogP contribution < -0.4 is 0 Å². The molecule has 88 valence electrons. The minimum atomic E-state index is 0.259. The highest BCUT2D eigenvalue weighted by molar-refractivity contribution is 5.81. The van der Waals surface area contributed by atoms with Crippen LogP contribution in [0.25, 0.3) is 0 Å². The van der Waals surface area contributed by atoms with E-state index >= 15 is 0 Å². The first-order valence-electron chi connectivity index (χ1n) is 5.66. The first kappa shape index (κ1) is 11.5. The van der Waals surface area contributed by atoms with Crippen LogP contribution in [-0.4, -0.2) is 15.9 Å². The van der Waals surface area contributed by atoms with Gasteiger partial charge in [-0.1, -0.05) is 0 Å². The molecule has 0 bridgehead atoms. The number of aromatic hydroxyl groups is 1. The van der Waals surface area contributed by atoms with Gasteiger partial charge in [0.05, 0.1) is 5.69 Å². The Bertz CT molecular complexity index is 509. The van der Waals surface area contributed by atoms with E-state index in [9.17, 15) is 0 Å². The average molecular weight is 228 g/mol. The first-order chi connectivity index (χ1) is 8.15. The maximum atomic E-state index is 9.15. The zero-order chi connectivity index (χ0) is 12.3. The first-order valence-corrected chi connectivity index (χ1v) is 5.66. The summed E-state index contributed by atoms with van der Waals surface area (Å²) in [5.41, 5.74) is 1.91. The van der Waals surface area contributed by atoms with E-state index in [1.807, 2.05) is 18.5 Å². The zero-order valence-corrected chi connectivity index (χ0v) is 10.0. The predicted molar refractivity (Wildman–Crippen MR) is 70.2 cm³/mol. The van der Waals surface area contributed by atoms with E-state index in [0.717, 1.165) is 11.3 Å². The molecule has 1 N–H and O–H groups in total. The van der Waals surface area contributed by atoms with Gasteiger partial charge in [-0.25, -0.2) is 0 Å². The van der Waals surface area contributed by atoms with Crippen molar-refractivity contribution in [3.8, 4) is 5.75 Å². The third kappa shape index (κ3) is 2.97. The van der Waals surface area contributed by atoms with Crippen molar-refractivity contribution in [1.82, 2.24) is 4.57 Å². The molecule has 2 aromatic rings. The largest absolute Gasteiger partial charge is 0.508 e. The fourth-order valence-electron chi connectivity index (χ4n) is 1.52. The molecule has 1 aromatic carbocycles. The van der Waals surface area contributed by atoms with Crippen molar-refractivity contribution in [2.24, 2.45) is 4.99 Å². The van der Waals surface area contributed by atoms with Crippen molar-refractivity contribution in [3.05, 3.63) is 48.3 Å². The summed E-state index contributed by atoms with van der Waals surface area (Å²) in [5, 5.41) is 9.15. The minimum Gasteiger partial charge on any atom is -0.508 e. The van der Waals surface area contributed by atoms with E-state index in [0.29, 0.717) is 6.04 Å². The van der Waals surface area contributed by atoms with Gasteiger partial charge in [0.2, 0.25) is 0 Å². The number of nitrogens with zero attached hydrogens (tertiary/aromatic N) is 2. The Morgan fingerprint density at radius 2 is 1.88 bits per heavy atom. The standard InChI is InChI=1S/C14H16N2O/c1-11(2)16-8-7-12(10-16)9-15-13-3-5-14(17)6-4-13/h3-11,17H,1-2H3.